The van der Waals surface area contributed by atoms with Crippen molar-refractivity contribution in [1.29, 1.82) is 0 Å². The van der Waals surface area contributed by atoms with Gasteiger partial charge in [0.1, 0.15) is 0 Å². The molecule has 0 spiro atoms. The number of anilines is 1. The summed E-state index contributed by atoms with van der Waals surface area (Å²) >= 11 is 6.93. The van der Waals surface area contributed by atoms with E-state index in [9.17, 15) is 0 Å². The highest BCUT2D eigenvalue weighted by Gasteiger charge is 2.45. The van der Waals surface area contributed by atoms with Crippen LogP contribution in [0.4, 0.5) is 5.69 Å². The molecule has 1 saturated heterocycles. The molecule has 2 aliphatic heterocycles. The van der Waals surface area contributed by atoms with E-state index in [1.807, 2.05) is 54.8 Å². The first kappa shape index (κ1) is 17.0. The fourth-order valence-electron chi connectivity index (χ4n) is 3.29. The van der Waals surface area contributed by atoms with Crippen LogP contribution in [-0.4, -0.2) is 52.6 Å². The normalized spacial score (nSPS) is 23.6. The monoisotopic (exact) mass is 368 g/mol. The Balaban J connectivity index is 1.73. The molecule has 26 heavy (non-hydrogen) atoms. The second-order valence-electron chi connectivity index (χ2n) is 6.21. The summed E-state index contributed by atoms with van der Waals surface area (Å²) in [6.45, 7) is 3.47. The first-order chi connectivity index (χ1) is 12.8. The number of para-hydroxylation sites is 1. The van der Waals surface area contributed by atoms with Crippen LogP contribution in [0.3, 0.4) is 0 Å². The summed E-state index contributed by atoms with van der Waals surface area (Å²) in [5, 5.41) is 6.94. The van der Waals surface area contributed by atoms with Gasteiger partial charge < -0.3 is 10.6 Å². The van der Waals surface area contributed by atoms with Crippen molar-refractivity contribution in [3.05, 3.63) is 66.5 Å². The Morgan fingerprint density at radius 1 is 1.04 bits per heavy atom. The highest BCUT2D eigenvalue weighted by molar-refractivity contribution is 6.19. The molecule has 6 nitrogen and oxygen atoms in total. The lowest BCUT2D eigenvalue weighted by Crippen LogP contribution is -2.65. The Morgan fingerprint density at radius 2 is 1.77 bits per heavy atom. The first-order valence-electron chi connectivity index (χ1n) is 8.70. The molecular formula is C19H21ClN6. The van der Waals surface area contributed by atoms with E-state index in [0.717, 1.165) is 43.1 Å². The standard InChI is InChI=1S/C19H21ClN6/c20-26-18(16-6-9-21-10-7-16)8-11-23-19(26,25-14-12-22-13-15-25)24-17-4-2-1-3-5-17/h1-11,22,24H,12-15H2. The number of aliphatic imine (C=N–C) groups is 1. The third-order valence-electron chi connectivity index (χ3n) is 4.59. The smallest absolute Gasteiger partial charge is 0.285 e. The van der Waals surface area contributed by atoms with Crippen LogP contribution in [0.5, 0.6) is 0 Å². The van der Waals surface area contributed by atoms with E-state index >= 15 is 0 Å². The van der Waals surface area contributed by atoms with E-state index in [-0.39, 0.29) is 0 Å². The minimum Gasteiger partial charge on any atom is -0.330 e. The molecule has 0 bridgehead atoms. The summed E-state index contributed by atoms with van der Waals surface area (Å²) < 4.78 is 1.70. The number of piperazine rings is 1. The molecule has 7 heteroatoms. The second kappa shape index (κ2) is 7.45. The molecule has 1 aromatic heterocycles. The molecule has 2 aliphatic rings. The highest BCUT2D eigenvalue weighted by Crippen LogP contribution is 2.36. The second-order valence-corrected chi connectivity index (χ2v) is 6.55. The number of allylic oxidation sites excluding steroid dienone is 1. The van der Waals surface area contributed by atoms with Crippen LogP contribution in [-0.2, 0) is 0 Å². The number of rotatable bonds is 4. The first-order valence-corrected chi connectivity index (χ1v) is 9.04. The Kier molecular flexibility index (Phi) is 4.88. The predicted molar refractivity (Wildman–Crippen MR) is 106 cm³/mol. The van der Waals surface area contributed by atoms with Crippen molar-refractivity contribution < 1.29 is 0 Å². The van der Waals surface area contributed by atoms with Gasteiger partial charge in [-0.15, -0.1) is 0 Å². The lowest BCUT2D eigenvalue weighted by atomic mass is 10.1. The van der Waals surface area contributed by atoms with Gasteiger partial charge in [0, 0.05) is 67.8 Å². The average Bonchev–Trinajstić information content (AvgIpc) is 2.72. The number of aromatic nitrogens is 1. The summed E-state index contributed by atoms with van der Waals surface area (Å²) in [4.78, 5) is 11.2. The lowest BCUT2D eigenvalue weighted by Gasteiger charge is -2.49. The fraction of sp³-hybridized carbons (Fsp3) is 0.263. The number of hydrogen-bond donors (Lipinski definition) is 2. The molecule has 134 valence electrons. The topological polar surface area (TPSA) is 55.8 Å². The van der Waals surface area contributed by atoms with Gasteiger partial charge in [-0.25, -0.2) is 14.3 Å². The number of hydrogen-bond acceptors (Lipinski definition) is 6. The van der Waals surface area contributed by atoms with Gasteiger partial charge in [0.2, 0.25) is 0 Å². The third-order valence-corrected chi connectivity index (χ3v) is 5.01. The maximum absolute atomic E-state index is 6.93. The maximum atomic E-state index is 6.93. The minimum absolute atomic E-state index is 0.837. The van der Waals surface area contributed by atoms with Gasteiger partial charge in [-0.2, -0.15) is 0 Å². The summed E-state index contributed by atoms with van der Waals surface area (Å²) in [5.74, 6) is -0.891. The van der Waals surface area contributed by atoms with Gasteiger partial charge >= 0.3 is 0 Å². The van der Waals surface area contributed by atoms with Gasteiger partial charge in [0.15, 0.2) is 0 Å². The quantitative estimate of drug-likeness (QED) is 0.812. The van der Waals surface area contributed by atoms with Crippen molar-refractivity contribution in [2.75, 3.05) is 31.5 Å². The van der Waals surface area contributed by atoms with Gasteiger partial charge in [0.25, 0.3) is 5.91 Å². The van der Waals surface area contributed by atoms with Crippen LogP contribution in [0.15, 0.2) is 65.9 Å². The molecule has 1 atom stereocenters. The predicted octanol–water partition coefficient (Wildman–Crippen LogP) is 2.59. The minimum atomic E-state index is -0.891. The molecule has 2 aromatic rings. The van der Waals surface area contributed by atoms with Crippen molar-refractivity contribution in [3.63, 3.8) is 0 Å². The number of pyridine rings is 1. The van der Waals surface area contributed by atoms with Gasteiger partial charge in [-0.05, 0) is 30.3 Å². The van der Waals surface area contributed by atoms with E-state index in [4.69, 9.17) is 16.8 Å². The van der Waals surface area contributed by atoms with Crippen molar-refractivity contribution in [2.24, 2.45) is 4.99 Å². The number of benzene rings is 1. The molecular weight excluding hydrogens is 348 g/mol. The summed E-state index contributed by atoms with van der Waals surface area (Å²) in [7, 11) is 0. The van der Waals surface area contributed by atoms with Crippen molar-refractivity contribution in [3.8, 4) is 0 Å². The molecule has 1 fully saturated rings. The highest BCUT2D eigenvalue weighted by atomic mass is 35.5. The van der Waals surface area contributed by atoms with E-state index in [2.05, 4.69) is 20.5 Å². The van der Waals surface area contributed by atoms with Gasteiger partial charge in [-0.3, -0.25) is 4.98 Å². The van der Waals surface area contributed by atoms with Gasteiger partial charge in [-0.1, -0.05) is 18.2 Å². The summed E-state index contributed by atoms with van der Waals surface area (Å²) in [5.41, 5.74) is 2.84. The van der Waals surface area contributed by atoms with Crippen molar-refractivity contribution in [1.82, 2.24) is 19.6 Å². The molecule has 4 rings (SSSR count). The van der Waals surface area contributed by atoms with Crippen LogP contribution in [0.25, 0.3) is 5.70 Å². The van der Waals surface area contributed by atoms with Crippen molar-refractivity contribution in [2.45, 2.75) is 5.91 Å². The summed E-state index contributed by atoms with van der Waals surface area (Å²) in [6, 6.07) is 13.9. The van der Waals surface area contributed by atoms with Gasteiger partial charge in [0.05, 0.1) is 5.70 Å². The van der Waals surface area contributed by atoms with E-state index in [0.29, 0.717) is 0 Å². The van der Waals surface area contributed by atoms with Crippen LogP contribution in [0, 0.1) is 0 Å². The number of nitrogens with one attached hydrogen (secondary N) is 2. The third kappa shape index (κ3) is 3.19. The van der Waals surface area contributed by atoms with E-state index in [1.54, 1.807) is 16.8 Å². The fourth-order valence-corrected chi connectivity index (χ4v) is 3.63. The Bertz CT molecular complexity index is 788. The zero-order chi connectivity index (χ0) is 17.8. The average molecular weight is 369 g/mol. The Hall–Kier alpha value is -2.41. The van der Waals surface area contributed by atoms with Crippen LogP contribution in [0.1, 0.15) is 5.56 Å². The lowest BCUT2D eigenvalue weighted by molar-refractivity contribution is 0.0388. The van der Waals surface area contributed by atoms with E-state index in [1.165, 1.54) is 0 Å². The zero-order valence-corrected chi connectivity index (χ0v) is 15.1. The van der Waals surface area contributed by atoms with Crippen molar-refractivity contribution >= 4 is 29.4 Å². The molecule has 0 radical (unpaired) electrons. The number of halogens is 1. The van der Waals surface area contributed by atoms with Crippen LogP contribution < -0.4 is 10.6 Å². The Labute approximate surface area is 158 Å². The number of nitrogens with zero attached hydrogens (tertiary/aromatic N) is 4. The van der Waals surface area contributed by atoms with E-state index < -0.39 is 5.91 Å². The zero-order valence-electron chi connectivity index (χ0n) is 14.3. The SMILES string of the molecule is ClN1C(c2ccncc2)=CC=NC1(Nc1ccccc1)N1CCNCC1. The van der Waals surface area contributed by atoms with Crippen LogP contribution in [0.2, 0.25) is 0 Å². The Morgan fingerprint density at radius 3 is 2.50 bits per heavy atom. The molecule has 2 N–H and O–H groups in total. The molecule has 1 aromatic carbocycles. The maximum Gasteiger partial charge on any atom is 0.285 e. The molecule has 0 aliphatic carbocycles. The summed E-state index contributed by atoms with van der Waals surface area (Å²) in [6.07, 6.45) is 7.29. The van der Waals surface area contributed by atoms with Crippen LogP contribution >= 0.6 is 11.8 Å². The molecule has 3 heterocycles. The molecule has 0 saturated carbocycles. The molecule has 0 amide bonds. The molecule has 1 unspecified atom stereocenters. The largest absolute Gasteiger partial charge is 0.330 e.